The Morgan fingerprint density at radius 3 is 2.51 bits per heavy atom. The van der Waals surface area contributed by atoms with Gasteiger partial charge in [-0.15, -0.1) is 6.58 Å². The molecule has 0 aliphatic rings. The highest BCUT2D eigenvalue weighted by Crippen LogP contribution is 2.35. The Balaban J connectivity index is 1.90. The second-order valence-electron chi connectivity index (χ2n) is 8.06. The largest absolute Gasteiger partial charge is 0.493 e. The van der Waals surface area contributed by atoms with Crippen LogP contribution in [0.4, 0.5) is 5.69 Å². The third-order valence-corrected chi connectivity index (χ3v) is 5.59. The summed E-state index contributed by atoms with van der Waals surface area (Å²) in [6.45, 7) is 8.05. The average molecular weight is 487 g/mol. The second kappa shape index (κ2) is 11.9. The van der Waals surface area contributed by atoms with Crippen LogP contribution in [0.15, 0.2) is 72.8 Å². The first kappa shape index (κ1) is 25.6. The van der Waals surface area contributed by atoms with Crippen LogP contribution in [0.3, 0.4) is 0 Å². The van der Waals surface area contributed by atoms with Crippen molar-refractivity contribution in [3.8, 4) is 17.6 Å². The number of hydrogen-bond donors (Lipinski definition) is 1. The molecule has 0 bridgehead atoms. The molecule has 0 atom stereocenters. The maximum Gasteiger partial charge on any atom is 0.266 e. The predicted molar refractivity (Wildman–Crippen MR) is 141 cm³/mol. The average Bonchev–Trinajstić information content (AvgIpc) is 2.84. The van der Waals surface area contributed by atoms with Crippen LogP contribution in [-0.4, -0.2) is 13.0 Å². The maximum absolute atomic E-state index is 12.8. The molecular formula is C29H27ClN2O3. The number of rotatable bonds is 9. The van der Waals surface area contributed by atoms with E-state index < -0.39 is 5.91 Å². The summed E-state index contributed by atoms with van der Waals surface area (Å²) in [6.07, 6.45) is 3.82. The van der Waals surface area contributed by atoms with Gasteiger partial charge in [0.05, 0.1) is 7.11 Å². The molecule has 1 N–H and O–H groups in total. The van der Waals surface area contributed by atoms with Crippen molar-refractivity contribution in [3.63, 3.8) is 0 Å². The quantitative estimate of drug-likeness (QED) is 0.204. The van der Waals surface area contributed by atoms with Gasteiger partial charge in [-0.25, -0.2) is 0 Å². The number of anilines is 1. The second-order valence-corrected chi connectivity index (χ2v) is 8.50. The highest BCUT2D eigenvalue weighted by Gasteiger charge is 2.15. The van der Waals surface area contributed by atoms with Crippen LogP contribution in [0.1, 0.15) is 27.8 Å². The minimum Gasteiger partial charge on any atom is -0.493 e. The number of aryl methyl sites for hydroxylation is 2. The molecule has 3 rings (SSSR count). The summed E-state index contributed by atoms with van der Waals surface area (Å²) in [5.41, 5.74) is 5.09. The molecule has 5 nitrogen and oxygen atoms in total. The van der Waals surface area contributed by atoms with Crippen LogP contribution in [0, 0.1) is 25.2 Å². The van der Waals surface area contributed by atoms with Crippen molar-refractivity contribution >= 4 is 29.3 Å². The lowest BCUT2D eigenvalue weighted by atomic mass is 10.0. The normalized spacial score (nSPS) is 10.9. The van der Waals surface area contributed by atoms with E-state index in [1.165, 1.54) is 6.08 Å². The first-order valence-corrected chi connectivity index (χ1v) is 11.4. The van der Waals surface area contributed by atoms with Gasteiger partial charge in [0.15, 0.2) is 11.5 Å². The topological polar surface area (TPSA) is 71.4 Å². The van der Waals surface area contributed by atoms with Gasteiger partial charge in [-0.3, -0.25) is 4.79 Å². The lowest BCUT2D eigenvalue weighted by Gasteiger charge is -2.16. The van der Waals surface area contributed by atoms with E-state index in [1.54, 1.807) is 19.3 Å². The van der Waals surface area contributed by atoms with Crippen LogP contribution in [0.2, 0.25) is 5.02 Å². The van der Waals surface area contributed by atoms with Crippen LogP contribution >= 0.6 is 11.6 Å². The van der Waals surface area contributed by atoms with E-state index in [1.807, 2.05) is 68.4 Å². The summed E-state index contributed by atoms with van der Waals surface area (Å²) in [7, 11) is 1.55. The molecular weight excluding hydrogens is 460 g/mol. The number of carbonyl (C=O) groups is 1. The van der Waals surface area contributed by atoms with Gasteiger partial charge in [-0.1, -0.05) is 47.5 Å². The minimum absolute atomic E-state index is 0.0218. The van der Waals surface area contributed by atoms with Crippen LogP contribution in [0.25, 0.3) is 6.08 Å². The molecule has 178 valence electrons. The fourth-order valence-electron chi connectivity index (χ4n) is 3.58. The van der Waals surface area contributed by atoms with E-state index in [-0.39, 0.29) is 5.57 Å². The standard InChI is InChI=1S/C29H27ClN2O3/c1-5-6-23-14-22(15-24(17-31)29(33)32-26-12-7-19(2)13-20(26)3)16-27(34-4)28(23)35-18-21-8-10-25(30)11-9-21/h5,7-16H,1,6,18H2,2-4H3,(H,32,33)/b24-15+. The molecule has 0 saturated carbocycles. The lowest BCUT2D eigenvalue weighted by Crippen LogP contribution is -2.14. The fraction of sp³-hybridized carbons (Fsp3) is 0.172. The zero-order valence-corrected chi connectivity index (χ0v) is 20.8. The van der Waals surface area contributed by atoms with Gasteiger partial charge in [0, 0.05) is 16.3 Å². The molecule has 0 fully saturated rings. The SMILES string of the molecule is C=CCc1cc(/C=C(\C#N)C(=O)Nc2ccc(C)cc2C)cc(OC)c1OCc1ccc(Cl)cc1. The molecule has 0 unspecified atom stereocenters. The molecule has 0 aliphatic heterocycles. The molecule has 0 radical (unpaired) electrons. The molecule has 3 aromatic rings. The van der Waals surface area contributed by atoms with Gasteiger partial charge >= 0.3 is 0 Å². The summed E-state index contributed by atoms with van der Waals surface area (Å²) in [5.74, 6) is 0.598. The Labute approximate surface area is 211 Å². The van der Waals surface area contributed by atoms with Crippen molar-refractivity contribution in [1.82, 2.24) is 0 Å². The van der Waals surface area contributed by atoms with Crippen molar-refractivity contribution in [2.75, 3.05) is 12.4 Å². The van der Waals surface area contributed by atoms with Gasteiger partial charge < -0.3 is 14.8 Å². The zero-order valence-electron chi connectivity index (χ0n) is 20.0. The molecule has 0 aromatic heterocycles. The van der Waals surface area contributed by atoms with Crippen LogP contribution in [0.5, 0.6) is 11.5 Å². The van der Waals surface area contributed by atoms with Gasteiger partial charge in [0.2, 0.25) is 0 Å². The highest BCUT2D eigenvalue weighted by molar-refractivity contribution is 6.30. The van der Waals surface area contributed by atoms with Crippen LogP contribution in [-0.2, 0) is 17.8 Å². The number of nitriles is 1. The molecule has 0 spiro atoms. The number of ether oxygens (including phenoxy) is 2. The van der Waals surface area contributed by atoms with E-state index in [2.05, 4.69) is 11.9 Å². The zero-order chi connectivity index (χ0) is 25.4. The molecule has 35 heavy (non-hydrogen) atoms. The van der Waals surface area contributed by atoms with Crippen molar-refractivity contribution in [2.45, 2.75) is 26.9 Å². The van der Waals surface area contributed by atoms with E-state index in [0.717, 1.165) is 22.3 Å². The molecule has 0 aliphatic carbocycles. The molecule has 3 aromatic carbocycles. The number of nitrogens with zero attached hydrogens (tertiary/aromatic N) is 1. The lowest BCUT2D eigenvalue weighted by molar-refractivity contribution is -0.112. The summed E-state index contributed by atoms with van der Waals surface area (Å²) in [5, 5.41) is 13.1. The van der Waals surface area contributed by atoms with E-state index in [0.29, 0.717) is 40.8 Å². The first-order chi connectivity index (χ1) is 16.8. The smallest absolute Gasteiger partial charge is 0.266 e. The summed E-state index contributed by atoms with van der Waals surface area (Å²) in [6, 6.07) is 18.7. The van der Waals surface area contributed by atoms with Gasteiger partial charge in [0.1, 0.15) is 18.2 Å². The minimum atomic E-state index is -0.480. The Bertz CT molecular complexity index is 1300. The van der Waals surface area contributed by atoms with Crippen molar-refractivity contribution in [3.05, 3.63) is 106 Å². The summed E-state index contributed by atoms with van der Waals surface area (Å²) >= 11 is 5.97. The van der Waals surface area contributed by atoms with Crippen LogP contribution < -0.4 is 14.8 Å². The number of nitrogens with one attached hydrogen (secondary N) is 1. The van der Waals surface area contributed by atoms with Crippen molar-refractivity contribution in [1.29, 1.82) is 5.26 Å². The number of amides is 1. The number of carbonyl (C=O) groups excluding carboxylic acids is 1. The number of methoxy groups -OCH3 is 1. The highest BCUT2D eigenvalue weighted by atomic mass is 35.5. The van der Waals surface area contributed by atoms with E-state index >= 15 is 0 Å². The Morgan fingerprint density at radius 2 is 1.89 bits per heavy atom. The Hall–Kier alpha value is -4.01. The van der Waals surface area contributed by atoms with Crippen molar-refractivity contribution in [2.24, 2.45) is 0 Å². The molecule has 6 heteroatoms. The number of halogens is 1. The van der Waals surface area contributed by atoms with Crippen molar-refractivity contribution < 1.29 is 14.3 Å². The van der Waals surface area contributed by atoms with E-state index in [9.17, 15) is 10.1 Å². The Morgan fingerprint density at radius 1 is 1.14 bits per heavy atom. The van der Waals surface area contributed by atoms with Gasteiger partial charge in [-0.2, -0.15) is 5.26 Å². The Kier molecular flexibility index (Phi) is 8.72. The first-order valence-electron chi connectivity index (χ1n) is 11.0. The molecule has 0 heterocycles. The molecule has 1 amide bonds. The fourth-order valence-corrected chi connectivity index (χ4v) is 3.71. The predicted octanol–water partition coefficient (Wildman–Crippen LogP) is 6.82. The maximum atomic E-state index is 12.8. The van der Waals surface area contributed by atoms with Gasteiger partial charge in [-0.05, 0) is 73.4 Å². The number of hydrogen-bond acceptors (Lipinski definition) is 4. The summed E-state index contributed by atoms with van der Waals surface area (Å²) in [4.78, 5) is 12.8. The third kappa shape index (κ3) is 6.75. The molecule has 0 saturated heterocycles. The third-order valence-electron chi connectivity index (χ3n) is 5.34. The van der Waals surface area contributed by atoms with E-state index in [4.69, 9.17) is 21.1 Å². The number of allylic oxidation sites excluding steroid dienone is 1. The number of benzene rings is 3. The monoisotopic (exact) mass is 486 g/mol. The van der Waals surface area contributed by atoms with Gasteiger partial charge in [0.25, 0.3) is 5.91 Å². The summed E-state index contributed by atoms with van der Waals surface area (Å²) < 4.78 is 11.7.